The Kier molecular flexibility index (Phi) is 9.46. The number of benzene rings is 1. The average Bonchev–Trinajstić information content (AvgIpc) is 3.44. The van der Waals surface area contributed by atoms with Gasteiger partial charge in [0.2, 0.25) is 10.0 Å². The highest BCUT2D eigenvalue weighted by molar-refractivity contribution is 14.0. The van der Waals surface area contributed by atoms with Crippen molar-refractivity contribution in [2.75, 3.05) is 45.6 Å². The van der Waals surface area contributed by atoms with Crippen LogP contribution in [0, 0.1) is 11.6 Å². The van der Waals surface area contributed by atoms with Gasteiger partial charge < -0.3 is 15.0 Å². The van der Waals surface area contributed by atoms with Crippen molar-refractivity contribution in [3.8, 4) is 0 Å². The van der Waals surface area contributed by atoms with Gasteiger partial charge in [0.1, 0.15) is 11.6 Å². The van der Waals surface area contributed by atoms with Crippen LogP contribution in [0.3, 0.4) is 0 Å². The Morgan fingerprint density at radius 2 is 1.84 bits per heavy atom. The summed E-state index contributed by atoms with van der Waals surface area (Å²) in [7, 11) is -1.71. The minimum absolute atomic E-state index is 0. The van der Waals surface area contributed by atoms with Crippen molar-refractivity contribution in [3.63, 3.8) is 0 Å². The standard InChI is InChI=1S/C20H30F2N4O3S.HI/c1-14(2)29-11-12-30(27,28)26-9-7-25(8-10-26)20(23-3)24-18-13-15(18)19-16(21)5-4-6-17(19)22;/h4-6,14-15,18H,7-13H2,1-3H3,(H,23,24);1H. The third-order valence-electron chi connectivity index (χ3n) is 5.41. The molecule has 0 radical (unpaired) electrons. The quantitative estimate of drug-likeness (QED) is 0.309. The van der Waals surface area contributed by atoms with Gasteiger partial charge in [0, 0.05) is 50.7 Å². The highest BCUT2D eigenvalue weighted by Gasteiger charge is 2.43. The molecule has 0 bridgehead atoms. The number of piperazine rings is 1. The molecule has 1 heterocycles. The smallest absolute Gasteiger partial charge is 0.216 e. The molecule has 11 heteroatoms. The maximum atomic E-state index is 14.0. The molecule has 2 fully saturated rings. The number of nitrogens with zero attached hydrogens (tertiary/aromatic N) is 3. The number of guanidine groups is 1. The van der Waals surface area contributed by atoms with Crippen molar-refractivity contribution in [2.24, 2.45) is 4.99 Å². The van der Waals surface area contributed by atoms with Crippen LogP contribution in [0.5, 0.6) is 0 Å². The zero-order valence-electron chi connectivity index (χ0n) is 18.1. The fourth-order valence-corrected chi connectivity index (χ4v) is 4.98. The predicted octanol–water partition coefficient (Wildman–Crippen LogP) is 2.39. The lowest BCUT2D eigenvalue weighted by molar-refractivity contribution is 0.0904. The molecule has 1 saturated heterocycles. The summed E-state index contributed by atoms with van der Waals surface area (Å²) in [5.41, 5.74) is 0.116. The van der Waals surface area contributed by atoms with Crippen LogP contribution in [0.1, 0.15) is 31.7 Å². The number of ether oxygens (including phenoxy) is 1. The molecule has 1 aliphatic heterocycles. The molecule has 0 aromatic heterocycles. The van der Waals surface area contributed by atoms with Crippen LogP contribution in [-0.4, -0.2) is 81.3 Å². The maximum Gasteiger partial charge on any atom is 0.216 e. The molecular formula is C20H31F2IN4O3S. The summed E-state index contributed by atoms with van der Waals surface area (Å²) in [6.45, 7) is 5.63. The summed E-state index contributed by atoms with van der Waals surface area (Å²) in [4.78, 5) is 6.25. The maximum absolute atomic E-state index is 14.0. The largest absolute Gasteiger partial charge is 0.378 e. The molecule has 2 atom stereocenters. The molecule has 1 N–H and O–H groups in total. The first-order valence-electron chi connectivity index (χ1n) is 10.2. The molecule has 1 aromatic rings. The monoisotopic (exact) mass is 572 g/mol. The zero-order valence-corrected chi connectivity index (χ0v) is 21.2. The number of nitrogens with one attached hydrogen (secondary N) is 1. The van der Waals surface area contributed by atoms with E-state index in [1.807, 2.05) is 18.7 Å². The van der Waals surface area contributed by atoms with Crippen LogP contribution in [0.2, 0.25) is 0 Å². The minimum Gasteiger partial charge on any atom is -0.378 e. The van der Waals surface area contributed by atoms with Gasteiger partial charge in [-0.2, -0.15) is 4.31 Å². The molecule has 1 aromatic carbocycles. The topological polar surface area (TPSA) is 74.2 Å². The lowest BCUT2D eigenvalue weighted by Gasteiger charge is -2.36. The second-order valence-electron chi connectivity index (χ2n) is 7.90. The summed E-state index contributed by atoms with van der Waals surface area (Å²) in [6.07, 6.45) is 0.622. The van der Waals surface area contributed by atoms with Crippen LogP contribution in [-0.2, 0) is 14.8 Å². The van der Waals surface area contributed by atoms with E-state index in [1.54, 1.807) is 7.05 Å². The Morgan fingerprint density at radius 1 is 1.23 bits per heavy atom. The average molecular weight is 572 g/mol. The number of aliphatic imine (C=N–C) groups is 1. The fraction of sp³-hybridized carbons (Fsp3) is 0.650. The first-order chi connectivity index (χ1) is 14.2. The van der Waals surface area contributed by atoms with Gasteiger partial charge >= 0.3 is 0 Å². The molecular weight excluding hydrogens is 541 g/mol. The molecule has 0 amide bonds. The van der Waals surface area contributed by atoms with Crippen molar-refractivity contribution in [1.82, 2.24) is 14.5 Å². The van der Waals surface area contributed by atoms with Gasteiger partial charge in [0.05, 0.1) is 18.5 Å². The minimum atomic E-state index is -3.36. The predicted molar refractivity (Wildman–Crippen MR) is 127 cm³/mol. The van der Waals surface area contributed by atoms with Crippen LogP contribution in [0.25, 0.3) is 0 Å². The van der Waals surface area contributed by atoms with E-state index in [-0.39, 0.29) is 60.0 Å². The van der Waals surface area contributed by atoms with Gasteiger partial charge in [-0.3, -0.25) is 4.99 Å². The first-order valence-corrected chi connectivity index (χ1v) is 11.9. The van der Waals surface area contributed by atoms with Gasteiger partial charge in [-0.1, -0.05) is 6.07 Å². The molecule has 3 rings (SSSR count). The first kappa shape index (κ1) is 26.2. The number of hydrogen-bond donors (Lipinski definition) is 1. The Morgan fingerprint density at radius 3 is 2.39 bits per heavy atom. The lowest BCUT2D eigenvalue weighted by Crippen LogP contribution is -2.54. The van der Waals surface area contributed by atoms with E-state index in [4.69, 9.17) is 4.74 Å². The van der Waals surface area contributed by atoms with Crippen molar-refractivity contribution >= 4 is 40.0 Å². The third-order valence-corrected chi connectivity index (χ3v) is 7.25. The van der Waals surface area contributed by atoms with E-state index in [1.165, 1.54) is 22.5 Å². The summed E-state index contributed by atoms with van der Waals surface area (Å²) in [5, 5.41) is 3.27. The summed E-state index contributed by atoms with van der Waals surface area (Å²) in [6, 6.07) is 3.81. The molecule has 1 saturated carbocycles. The lowest BCUT2D eigenvalue weighted by atomic mass is 10.1. The van der Waals surface area contributed by atoms with Crippen LogP contribution in [0.15, 0.2) is 23.2 Å². The van der Waals surface area contributed by atoms with E-state index in [9.17, 15) is 17.2 Å². The van der Waals surface area contributed by atoms with E-state index >= 15 is 0 Å². The van der Waals surface area contributed by atoms with Gasteiger partial charge in [0.15, 0.2) is 5.96 Å². The number of halogens is 3. The van der Waals surface area contributed by atoms with Crippen molar-refractivity contribution in [3.05, 3.63) is 35.4 Å². The van der Waals surface area contributed by atoms with Crippen LogP contribution < -0.4 is 5.32 Å². The van der Waals surface area contributed by atoms with Crippen molar-refractivity contribution < 1.29 is 21.9 Å². The normalized spacial score (nSPS) is 22.4. The molecule has 31 heavy (non-hydrogen) atoms. The van der Waals surface area contributed by atoms with E-state index in [0.29, 0.717) is 38.6 Å². The van der Waals surface area contributed by atoms with Gasteiger partial charge in [-0.25, -0.2) is 17.2 Å². The molecule has 1 aliphatic carbocycles. The summed E-state index contributed by atoms with van der Waals surface area (Å²) >= 11 is 0. The Balaban J connectivity index is 0.00000341. The second kappa shape index (κ2) is 11.2. The molecule has 2 unspecified atom stereocenters. The van der Waals surface area contributed by atoms with E-state index in [2.05, 4.69) is 10.3 Å². The van der Waals surface area contributed by atoms with E-state index < -0.39 is 21.7 Å². The Hall–Kier alpha value is -1.05. The Labute approximate surface area is 200 Å². The highest BCUT2D eigenvalue weighted by Crippen LogP contribution is 2.43. The Bertz CT molecular complexity index is 857. The van der Waals surface area contributed by atoms with Crippen molar-refractivity contribution in [2.45, 2.75) is 38.3 Å². The van der Waals surface area contributed by atoms with Gasteiger partial charge in [-0.15, -0.1) is 24.0 Å². The van der Waals surface area contributed by atoms with Crippen molar-refractivity contribution in [1.29, 1.82) is 0 Å². The second-order valence-corrected chi connectivity index (χ2v) is 9.99. The van der Waals surface area contributed by atoms with E-state index in [0.717, 1.165) is 0 Å². The van der Waals surface area contributed by atoms with Crippen LogP contribution in [0.4, 0.5) is 8.78 Å². The summed E-state index contributed by atoms with van der Waals surface area (Å²) < 4.78 is 59.8. The van der Waals surface area contributed by atoms with Gasteiger partial charge in [-0.05, 0) is 32.4 Å². The SMILES string of the molecule is CN=C(NC1CC1c1c(F)cccc1F)N1CCN(S(=O)(=O)CCOC(C)C)CC1.I. The number of hydrogen-bond acceptors (Lipinski definition) is 4. The number of sulfonamides is 1. The van der Waals surface area contributed by atoms with Gasteiger partial charge in [0.25, 0.3) is 0 Å². The van der Waals surface area contributed by atoms with Crippen LogP contribution >= 0.6 is 24.0 Å². The molecule has 2 aliphatic rings. The molecule has 7 nitrogen and oxygen atoms in total. The highest BCUT2D eigenvalue weighted by atomic mass is 127. The fourth-order valence-electron chi connectivity index (χ4n) is 3.70. The molecule has 0 spiro atoms. The molecule has 176 valence electrons. The zero-order chi connectivity index (χ0) is 21.9. The third kappa shape index (κ3) is 6.72. The summed E-state index contributed by atoms with van der Waals surface area (Å²) in [5.74, 6) is -0.694. The number of rotatable bonds is 7.